The van der Waals surface area contributed by atoms with Crippen LogP contribution in [0.4, 0.5) is 17.1 Å². The fourth-order valence-corrected chi connectivity index (χ4v) is 28.9. The van der Waals surface area contributed by atoms with E-state index in [0.29, 0.717) is 26.5 Å². The van der Waals surface area contributed by atoms with E-state index >= 15 is 0 Å². The third-order valence-corrected chi connectivity index (χ3v) is 30.7. The molecule has 0 aliphatic heterocycles. The average molecular weight is 688 g/mol. The Bertz CT molecular complexity index is 1190. The van der Waals surface area contributed by atoms with Gasteiger partial charge >= 0.3 is 197 Å². The number of benzene rings is 3. The third kappa shape index (κ3) is 4.19. The summed E-state index contributed by atoms with van der Waals surface area (Å²) in [7, 11) is 15.1. The molecule has 3 aromatic carbocycles. The van der Waals surface area contributed by atoms with Gasteiger partial charge in [0.2, 0.25) is 0 Å². The van der Waals surface area contributed by atoms with Gasteiger partial charge in [0.1, 0.15) is 0 Å². The Hall–Kier alpha value is -2.68. The number of halogens is 2. The van der Waals surface area contributed by atoms with E-state index in [1.165, 1.54) is 54.6 Å². The standard InChI is InChI=1S/3C7H6NO2.Bi.2ClH/c3*1-6-3-2-4-7(5-6)8(9)10;;;/h3*2,4-5H,1H3;;2*1H/q;;;+2;;/p-2. The number of nitrogens with zero attached hydrogens (tertiary/aromatic N) is 3. The first-order chi connectivity index (χ1) is 15.3. The van der Waals surface area contributed by atoms with E-state index in [9.17, 15) is 30.3 Å². The molecule has 12 heteroatoms. The summed E-state index contributed by atoms with van der Waals surface area (Å²) in [6.45, 7) is 4.97. The molecular formula is C21H18BiCl2N3O6. The van der Waals surface area contributed by atoms with Crippen molar-refractivity contribution in [2.24, 2.45) is 0 Å². The van der Waals surface area contributed by atoms with Crippen molar-refractivity contribution in [3.05, 3.63) is 102 Å². The number of aryl methyl sites for hydroxylation is 3. The van der Waals surface area contributed by atoms with E-state index in [2.05, 4.69) is 0 Å². The first kappa shape index (κ1) is 25.0. The Morgan fingerprint density at radius 1 is 0.576 bits per heavy atom. The zero-order valence-electron chi connectivity index (χ0n) is 17.7. The van der Waals surface area contributed by atoms with Gasteiger partial charge in [-0.3, -0.25) is 0 Å². The van der Waals surface area contributed by atoms with Crippen LogP contribution in [0.25, 0.3) is 0 Å². The Balaban J connectivity index is 2.46. The van der Waals surface area contributed by atoms with Crippen molar-refractivity contribution in [2.75, 3.05) is 0 Å². The van der Waals surface area contributed by atoms with E-state index in [4.69, 9.17) is 17.0 Å². The van der Waals surface area contributed by atoms with Crippen molar-refractivity contribution in [1.82, 2.24) is 0 Å². The van der Waals surface area contributed by atoms with Crippen LogP contribution in [0.5, 0.6) is 0 Å². The predicted octanol–water partition coefficient (Wildman–Crippen LogP) is 4.23. The summed E-state index contributed by atoms with van der Waals surface area (Å²) in [5.74, 6) is 0. The summed E-state index contributed by atoms with van der Waals surface area (Å²) in [6.07, 6.45) is 0. The molecule has 0 aromatic heterocycles. The molecule has 0 N–H and O–H groups in total. The molecule has 172 valence electrons. The van der Waals surface area contributed by atoms with Gasteiger partial charge < -0.3 is 0 Å². The van der Waals surface area contributed by atoms with Gasteiger partial charge in [0.25, 0.3) is 0 Å². The molecule has 33 heavy (non-hydrogen) atoms. The van der Waals surface area contributed by atoms with Crippen molar-refractivity contribution in [3.63, 3.8) is 0 Å². The molecule has 0 saturated heterocycles. The molecule has 3 aromatic rings. The second kappa shape index (κ2) is 8.59. The van der Waals surface area contributed by atoms with Gasteiger partial charge in [-0.15, -0.1) is 0 Å². The van der Waals surface area contributed by atoms with Crippen LogP contribution in [0.1, 0.15) is 16.7 Å². The zero-order chi connectivity index (χ0) is 24.7. The third-order valence-electron chi connectivity index (χ3n) is 5.44. The van der Waals surface area contributed by atoms with Crippen LogP contribution in [-0.4, -0.2) is 31.2 Å². The first-order valence-corrected chi connectivity index (χ1v) is 23.3. The molecule has 0 fully saturated rings. The van der Waals surface area contributed by atoms with E-state index in [1.807, 2.05) is 0 Å². The number of nitro groups is 3. The van der Waals surface area contributed by atoms with Crippen LogP contribution in [0.3, 0.4) is 0 Å². The van der Waals surface area contributed by atoms with Gasteiger partial charge in [-0.25, -0.2) is 0 Å². The minimum absolute atomic E-state index is 0.136. The van der Waals surface area contributed by atoms with Crippen LogP contribution in [0.15, 0.2) is 54.6 Å². The van der Waals surface area contributed by atoms with E-state index < -0.39 is 31.2 Å². The SMILES string of the molecule is Cc1cc([N+](=O)[O-])cc[c]1[Bi]([Cl])([Cl])([c]1ccc([N+](=O)[O-])cc1C)[c]1ccc([N+](=O)[O-])cc1C. The fourth-order valence-electron chi connectivity index (χ4n) is 3.97. The molecule has 0 saturated carbocycles. The Labute approximate surface area is 196 Å². The quantitative estimate of drug-likeness (QED) is 0.217. The van der Waals surface area contributed by atoms with Gasteiger partial charge in [-0.2, -0.15) is 0 Å². The molecule has 0 heterocycles. The number of hydrogen-bond acceptors (Lipinski definition) is 6. The number of hydrogen-bond donors (Lipinski definition) is 0. The molecule has 0 aliphatic rings. The van der Waals surface area contributed by atoms with Crippen LogP contribution in [0, 0.1) is 51.1 Å². The maximum atomic E-state index is 11.3. The molecular weight excluding hydrogens is 670 g/mol. The van der Waals surface area contributed by atoms with Gasteiger partial charge in [0.05, 0.1) is 0 Å². The monoisotopic (exact) mass is 687 g/mol. The number of nitro benzene ring substituents is 3. The molecule has 0 aliphatic carbocycles. The summed E-state index contributed by atoms with van der Waals surface area (Å²) in [6, 6.07) is 12.6. The van der Waals surface area contributed by atoms with Gasteiger partial charge in [0, 0.05) is 0 Å². The van der Waals surface area contributed by atoms with Crippen molar-refractivity contribution in [3.8, 4) is 0 Å². The summed E-state index contributed by atoms with van der Waals surface area (Å²) < 4.78 is 1.47. The van der Waals surface area contributed by atoms with E-state index in [-0.39, 0.29) is 17.1 Å². The van der Waals surface area contributed by atoms with Gasteiger partial charge in [0.15, 0.2) is 0 Å². The van der Waals surface area contributed by atoms with Crippen LogP contribution in [0.2, 0.25) is 0 Å². The maximum absolute atomic E-state index is 11.3. The summed E-state index contributed by atoms with van der Waals surface area (Å²) in [5.41, 5.74) is 1.04. The van der Waals surface area contributed by atoms with E-state index in [0.717, 1.165) is 0 Å². The van der Waals surface area contributed by atoms with Crippen molar-refractivity contribution in [1.29, 1.82) is 0 Å². The van der Waals surface area contributed by atoms with Crippen LogP contribution >= 0.6 is 17.0 Å². The minimum atomic E-state index is -5.69. The Kier molecular flexibility index (Phi) is 6.50. The topological polar surface area (TPSA) is 129 Å². The second-order valence-corrected chi connectivity index (χ2v) is 33.6. The number of rotatable bonds is 6. The van der Waals surface area contributed by atoms with E-state index in [1.54, 1.807) is 20.8 Å². The Morgan fingerprint density at radius 3 is 1.00 bits per heavy atom. The zero-order valence-corrected chi connectivity index (χ0v) is 22.7. The average Bonchev–Trinajstić information content (AvgIpc) is 2.72. The second-order valence-electron chi connectivity index (χ2n) is 7.59. The summed E-state index contributed by atoms with van der Waals surface area (Å²) in [5, 5.41) is 33.8. The first-order valence-electron chi connectivity index (χ1n) is 9.49. The molecule has 0 radical (unpaired) electrons. The summed E-state index contributed by atoms with van der Waals surface area (Å²) >= 11 is -5.69. The molecule has 0 unspecified atom stereocenters. The molecule has 0 spiro atoms. The van der Waals surface area contributed by atoms with Gasteiger partial charge in [-0.05, 0) is 0 Å². The van der Waals surface area contributed by atoms with Gasteiger partial charge in [-0.1, -0.05) is 0 Å². The Morgan fingerprint density at radius 2 is 0.818 bits per heavy atom. The molecule has 0 atom stereocenters. The normalized spacial score (nSPS) is 12.6. The van der Waals surface area contributed by atoms with Crippen LogP contribution < -0.4 is 9.81 Å². The molecule has 3 rings (SSSR count). The molecule has 9 nitrogen and oxygen atoms in total. The van der Waals surface area contributed by atoms with Crippen molar-refractivity contribution >= 4 is 60.3 Å². The van der Waals surface area contributed by atoms with Crippen LogP contribution in [-0.2, 0) is 0 Å². The van der Waals surface area contributed by atoms with Crippen molar-refractivity contribution in [2.45, 2.75) is 20.8 Å². The fraction of sp³-hybridized carbons (Fsp3) is 0.143. The molecule has 0 amide bonds. The predicted molar refractivity (Wildman–Crippen MR) is 130 cm³/mol. The van der Waals surface area contributed by atoms with Crippen molar-refractivity contribution < 1.29 is 14.8 Å². The number of non-ortho nitro benzene ring substituents is 3. The summed E-state index contributed by atoms with van der Waals surface area (Å²) in [4.78, 5) is 32.2. The molecule has 0 bridgehead atoms.